The summed E-state index contributed by atoms with van der Waals surface area (Å²) in [5.41, 5.74) is 1.50. The fourth-order valence-corrected chi connectivity index (χ4v) is 6.68. The molecular formula is C42H79N. The van der Waals surface area contributed by atoms with Crippen LogP contribution in [0.4, 0.5) is 0 Å². The minimum atomic E-state index is 1.21. The minimum absolute atomic E-state index is 1.21. The highest BCUT2D eigenvalue weighted by Gasteiger charge is 2.06. The Hall–Kier alpha value is -0.820. The summed E-state index contributed by atoms with van der Waals surface area (Å²) in [4.78, 5) is 2.79. The molecular weight excluding hydrogens is 518 g/mol. The summed E-state index contributed by atoms with van der Waals surface area (Å²) < 4.78 is 0. The molecule has 0 bridgehead atoms. The minimum Gasteiger partial charge on any atom is -0.303 e. The highest BCUT2D eigenvalue weighted by Crippen LogP contribution is 2.16. The summed E-state index contributed by atoms with van der Waals surface area (Å²) in [6, 6.07) is 11.2. The van der Waals surface area contributed by atoms with Gasteiger partial charge in [0.2, 0.25) is 0 Å². The molecule has 0 aliphatic rings. The molecule has 1 heteroatoms. The van der Waals surface area contributed by atoms with Gasteiger partial charge in [0.1, 0.15) is 0 Å². The van der Waals surface area contributed by atoms with E-state index in [1.165, 1.54) is 224 Å². The molecule has 1 aromatic rings. The molecule has 0 unspecified atom stereocenters. The van der Waals surface area contributed by atoms with Gasteiger partial charge in [0.15, 0.2) is 0 Å². The van der Waals surface area contributed by atoms with Crippen LogP contribution in [0, 0.1) is 0 Å². The van der Waals surface area contributed by atoms with Crippen LogP contribution in [-0.4, -0.2) is 24.5 Å². The third-order valence-electron chi connectivity index (χ3n) is 9.72. The lowest BCUT2D eigenvalue weighted by Crippen LogP contribution is -2.28. The topological polar surface area (TPSA) is 3.24 Å². The summed E-state index contributed by atoms with van der Waals surface area (Å²) in [5.74, 6) is 0. The van der Waals surface area contributed by atoms with Gasteiger partial charge >= 0.3 is 0 Å². The lowest BCUT2D eigenvalue weighted by molar-refractivity contribution is 0.263. The molecule has 1 rings (SSSR count). The van der Waals surface area contributed by atoms with E-state index in [0.29, 0.717) is 0 Å². The zero-order valence-corrected chi connectivity index (χ0v) is 29.9. The van der Waals surface area contributed by atoms with E-state index in [9.17, 15) is 0 Å². The Bertz CT molecular complexity index is 591. The molecule has 0 saturated heterocycles. The Balaban J connectivity index is 2.02. The van der Waals surface area contributed by atoms with Gasteiger partial charge in [0.05, 0.1) is 0 Å². The normalized spacial score (nSPS) is 11.6. The van der Waals surface area contributed by atoms with Gasteiger partial charge < -0.3 is 4.90 Å². The van der Waals surface area contributed by atoms with Crippen LogP contribution < -0.4 is 0 Å². The molecule has 1 nitrogen and oxygen atoms in total. The van der Waals surface area contributed by atoms with Crippen molar-refractivity contribution < 1.29 is 0 Å². The van der Waals surface area contributed by atoms with Crippen molar-refractivity contribution in [3.63, 3.8) is 0 Å². The van der Waals surface area contributed by atoms with Crippen LogP contribution >= 0.6 is 0 Å². The smallest absolute Gasteiger partial charge is 0.00218 e. The molecule has 0 fully saturated rings. The van der Waals surface area contributed by atoms with E-state index in [0.717, 1.165) is 0 Å². The van der Waals surface area contributed by atoms with Gasteiger partial charge in [-0.15, -0.1) is 0 Å². The number of hydrogen-bond donors (Lipinski definition) is 0. The average Bonchev–Trinajstić information content (AvgIpc) is 3.03. The summed E-state index contributed by atoms with van der Waals surface area (Å²) in [5, 5.41) is 0. The number of hydrogen-bond acceptors (Lipinski definition) is 1. The second kappa shape index (κ2) is 34.1. The summed E-state index contributed by atoms with van der Waals surface area (Å²) in [6.07, 6.45) is 44.8. The molecule has 0 atom stereocenters. The predicted molar refractivity (Wildman–Crippen MR) is 196 cm³/mol. The summed E-state index contributed by atoms with van der Waals surface area (Å²) >= 11 is 0. The number of nitrogens with zero attached hydrogens (tertiary/aromatic N) is 1. The Morgan fingerprint density at radius 3 is 0.907 bits per heavy atom. The summed E-state index contributed by atoms with van der Waals surface area (Å²) in [7, 11) is 0. The molecule has 0 aliphatic carbocycles. The van der Waals surface area contributed by atoms with Crippen molar-refractivity contribution in [2.45, 2.75) is 213 Å². The van der Waals surface area contributed by atoms with Crippen molar-refractivity contribution in [1.82, 2.24) is 4.90 Å². The maximum atomic E-state index is 2.79. The fourth-order valence-electron chi connectivity index (χ4n) is 6.68. The molecule has 0 saturated carbocycles. The first-order valence-corrected chi connectivity index (χ1v) is 20.1. The van der Waals surface area contributed by atoms with Crippen LogP contribution in [0.2, 0.25) is 0 Å². The standard InChI is InChI=1S/C42H79N/c1-3-5-7-9-11-13-15-17-19-21-23-25-27-29-34-39-43(41-38-42-36-32-31-33-37-42)40-35-30-28-26-24-22-20-18-16-14-12-10-8-6-4-2/h31-33,36-37H,3-30,34-35,38-41H2,1-2H3. The lowest BCUT2D eigenvalue weighted by Gasteiger charge is -2.22. The molecule has 0 heterocycles. The molecule has 0 aromatic heterocycles. The van der Waals surface area contributed by atoms with E-state index >= 15 is 0 Å². The number of unbranched alkanes of at least 4 members (excludes halogenated alkanes) is 28. The number of rotatable bonds is 35. The third-order valence-corrected chi connectivity index (χ3v) is 9.72. The Kier molecular flexibility index (Phi) is 31.8. The lowest BCUT2D eigenvalue weighted by atomic mass is 10.0. The predicted octanol–water partition coefficient (Wildman–Crippen LogP) is 14.3. The highest BCUT2D eigenvalue weighted by molar-refractivity contribution is 5.14. The molecule has 0 radical (unpaired) electrons. The zero-order valence-electron chi connectivity index (χ0n) is 29.9. The van der Waals surface area contributed by atoms with Crippen LogP contribution in [0.1, 0.15) is 212 Å². The molecule has 1 aromatic carbocycles. The van der Waals surface area contributed by atoms with Crippen molar-refractivity contribution in [2.24, 2.45) is 0 Å². The summed E-state index contributed by atoms with van der Waals surface area (Å²) in [6.45, 7) is 8.48. The monoisotopic (exact) mass is 598 g/mol. The van der Waals surface area contributed by atoms with Gasteiger partial charge in [-0.25, -0.2) is 0 Å². The first-order chi connectivity index (χ1) is 21.4. The van der Waals surface area contributed by atoms with Crippen molar-refractivity contribution in [1.29, 1.82) is 0 Å². The van der Waals surface area contributed by atoms with E-state index in [2.05, 4.69) is 49.1 Å². The zero-order chi connectivity index (χ0) is 30.7. The van der Waals surface area contributed by atoms with Crippen LogP contribution in [0.25, 0.3) is 0 Å². The molecule has 0 N–H and O–H groups in total. The highest BCUT2D eigenvalue weighted by atomic mass is 15.1. The van der Waals surface area contributed by atoms with Gasteiger partial charge in [-0.05, 0) is 37.9 Å². The molecule has 252 valence electrons. The third kappa shape index (κ3) is 29.6. The average molecular weight is 598 g/mol. The molecule has 0 spiro atoms. The van der Waals surface area contributed by atoms with E-state index in [4.69, 9.17) is 0 Å². The van der Waals surface area contributed by atoms with Gasteiger partial charge in [0, 0.05) is 6.54 Å². The fraction of sp³-hybridized carbons (Fsp3) is 0.857. The second-order valence-electron chi connectivity index (χ2n) is 14.0. The van der Waals surface area contributed by atoms with Gasteiger partial charge in [-0.1, -0.05) is 224 Å². The van der Waals surface area contributed by atoms with E-state index < -0.39 is 0 Å². The van der Waals surface area contributed by atoms with Crippen LogP contribution in [0.15, 0.2) is 30.3 Å². The van der Waals surface area contributed by atoms with Crippen LogP contribution in [0.5, 0.6) is 0 Å². The maximum absolute atomic E-state index is 2.79. The largest absolute Gasteiger partial charge is 0.303 e. The molecule has 0 amide bonds. The molecule has 43 heavy (non-hydrogen) atoms. The second-order valence-corrected chi connectivity index (χ2v) is 14.0. The Morgan fingerprint density at radius 1 is 0.326 bits per heavy atom. The van der Waals surface area contributed by atoms with E-state index in [-0.39, 0.29) is 0 Å². The van der Waals surface area contributed by atoms with Crippen molar-refractivity contribution in [3.05, 3.63) is 35.9 Å². The van der Waals surface area contributed by atoms with Crippen LogP contribution in [0.3, 0.4) is 0 Å². The van der Waals surface area contributed by atoms with Crippen LogP contribution in [-0.2, 0) is 6.42 Å². The SMILES string of the molecule is CCCCCCCCCCCCCCCCCN(CCCCCCCCCCCCCCCCC)CCc1ccccc1. The van der Waals surface area contributed by atoms with Crippen molar-refractivity contribution >= 4 is 0 Å². The van der Waals surface area contributed by atoms with E-state index in [1.54, 1.807) is 0 Å². The van der Waals surface area contributed by atoms with Gasteiger partial charge in [-0.2, -0.15) is 0 Å². The Morgan fingerprint density at radius 2 is 0.605 bits per heavy atom. The van der Waals surface area contributed by atoms with Gasteiger partial charge in [0.25, 0.3) is 0 Å². The molecule has 0 aliphatic heterocycles. The maximum Gasteiger partial charge on any atom is 0.00218 e. The quantitative estimate of drug-likeness (QED) is 0.0703. The number of benzene rings is 1. The first kappa shape index (κ1) is 40.2. The first-order valence-electron chi connectivity index (χ1n) is 20.1. The van der Waals surface area contributed by atoms with Crippen molar-refractivity contribution in [2.75, 3.05) is 19.6 Å². The van der Waals surface area contributed by atoms with E-state index in [1.807, 2.05) is 0 Å². The van der Waals surface area contributed by atoms with Gasteiger partial charge in [-0.3, -0.25) is 0 Å². The van der Waals surface area contributed by atoms with Crippen molar-refractivity contribution in [3.8, 4) is 0 Å². The Labute approximate surface area is 272 Å².